The maximum atomic E-state index is 13.4. The molecule has 82 valence electrons. The lowest BCUT2D eigenvalue weighted by atomic mass is 10.1. The average molecular weight is 240 g/mol. The third kappa shape index (κ3) is 2.19. The molecule has 0 amide bonds. The van der Waals surface area contributed by atoms with Crippen LogP contribution in [0.5, 0.6) is 0 Å². The number of nitrogens with zero attached hydrogens (tertiary/aromatic N) is 1. The van der Waals surface area contributed by atoms with Gasteiger partial charge in [-0.3, -0.25) is 0 Å². The second-order valence-corrected chi connectivity index (χ2v) is 3.59. The molecule has 0 aliphatic carbocycles. The zero-order valence-electron chi connectivity index (χ0n) is 8.25. The van der Waals surface area contributed by atoms with Crippen LogP contribution in [0, 0.1) is 11.8 Å². The Balaban J connectivity index is 2.50. The molecule has 0 N–H and O–H groups in total. The fraction of sp³-hybridized carbons (Fsp3) is 0.0833. The van der Waals surface area contributed by atoms with Gasteiger partial charge in [0.1, 0.15) is 5.82 Å². The quantitative estimate of drug-likeness (QED) is 0.574. The summed E-state index contributed by atoms with van der Waals surface area (Å²) in [4.78, 5) is 3.60. The molecule has 0 saturated heterocycles. The van der Waals surface area contributed by atoms with Gasteiger partial charge in [-0.1, -0.05) is 12.1 Å². The summed E-state index contributed by atoms with van der Waals surface area (Å²) in [5, 5.41) is 0. The van der Waals surface area contributed by atoms with Gasteiger partial charge < -0.3 is 0 Å². The first kappa shape index (κ1) is 11.0. The number of hydrogen-bond donors (Lipinski definition) is 0. The molecule has 4 heteroatoms. The van der Waals surface area contributed by atoms with Gasteiger partial charge in [0.15, 0.2) is 0 Å². The van der Waals surface area contributed by atoms with Crippen LogP contribution in [-0.2, 0) is 5.88 Å². The number of rotatable bonds is 2. The standard InChI is InChI=1S/C12H8ClF2N/c13-6-8-5-11(12(15)16-7-8)9-1-3-10(14)4-2-9/h1-5,7H,6H2. The monoisotopic (exact) mass is 239 g/mol. The van der Waals surface area contributed by atoms with Crippen LogP contribution in [0.15, 0.2) is 36.5 Å². The Bertz CT molecular complexity index is 497. The first-order chi connectivity index (χ1) is 7.70. The average Bonchev–Trinajstić information content (AvgIpc) is 2.31. The SMILES string of the molecule is Fc1ccc(-c2cc(CCl)cnc2F)cc1. The van der Waals surface area contributed by atoms with Gasteiger partial charge in [0, 0.05) is 17.6 Å². The van der Waals surface area contributed by atoms with Crippen LogP contribution in [0.1, 0.15) is 5.56 Å². The predicted molar refractivity (Wildman–Crippen MR) is 59.1 cm³/mol. The van der Waals surface area contributed by atoms with Gasteiger partial charge in [0.2, 0.25) is 5.95 Å². The van der Waals surface area contributed by atoms with E-state index < -0.39 is 5.95 Å². The van der Waals surface area contributed by atoms with Crippen molar-refractivity contribution in [1.82, 2.24) is 4.98 Å². The van der Waals surface area contributed by atoms with Crippen LogP contribution in [0.3, 0.4) is 0 Å². The third-order valence-electron chi connectivity index (χ3n) is 2.21. The molecule has 2 rings (SSSR count). The lowest BCUT2D eigenvalue weighted by Gasteiger charge is -2.04. The molecule has 1 heterocycles. The van der Waals surface area contributed by atoms with E-state index in [1.165, 1.54) is 30.5 Å². The summed E-state index contributed by atoms with van der Waals surface area (Å²) in [5.74, 6) is -0.673. The topological polar surface area (TPSA) is 12.9 Å². The summed E-state index contributed by atoms with van der Waals surface area (Å²) >= 11 is 5.64. The highest BCUT2D eigenvalue weighted by Crippen LogP contribution is 2.23. The molecule has 1 aromatic heterocycles. The molecule has 0 spiro atoms. The fourth-order valence-corrected chi connectivity index (χ4v) is 1.54. The summed E-state index contributed by atoms with van der Waals surface area (Å²) in [6, 6.07) is 7.19. The Morgan fingerprint density at radius 2 is 1.81 bits per heavy atom. The highest BCUT2D eigenvalue weighted by atomic mass is 35.5. The maximum Gasteiger partial charge on any atom is 0.220 e. The van der Waals surface area contributed by atoms with Crippen LogP contribution in [0.4, 0.5) is 8.78 Å². The van der Waals surface area contributed by atoms with Crippen molar-refractivity contribution in [1.29, 1.82) is 0 Å². The minimum atomic E-state index is -0.583. The third-order valence-corrected chi connectivity index (χ3v) is 2.51. The van der Waals surface area contributed by atoms with E-state index in [9.17, 15) is 8.78 Å². The predicted octanol–water partition coefficient (Wildman–Crippen LogP) is 3.77. The van der Waals surface area contributed by atoms with Gasteiger partial charge in [-0.05, 0) is 29.3 Å². The second-order valence-electron chi connectivity index (χ2n) is 3.32. The molecule has 0 radical (unpaired) electrons. The Hall–Kier alpha value is -1.48. The first-order valence-electron chi connectivity index (χ1n) is 4.67. The maximum absolute atomic E-state index is 13.4. The lowest BCUT2D eigenvalue weighted by molar-refractivity contribution is 0.586. The van der Waals surface area contributed by atoms with Crippen molar-refractivity contribution >= 4 is 11.6 Å². The normalized spacial score (nSPS) is 10.4. The van der Waals surface area contributed by atoms with Crippen LogP contribution in [0.2, 0.25) is 0 Å². The van der Waals surface area contributed by atoms with Crippen molar-refractivity contribution in [3.05, 3.63) is 53.9 Å². The number of hydrogen-bond acceptors (Lipinski definition) is 1. The molecule has 0 aliphatic heterocycles. The summed E-state index contributed by atoms with van der Waals surface area (Å²) in [6.45, 7) is 0. The van der Waals surface area contributed by atoms with Crippen molar-refractivity contribution in [2.45, 2.75) is 5.88 Å². The van der Waals surface area contributed by atoms with E-state index in [-0.39, 0.29) is 11.7 Å². The van der Waals surface area contributed by atoms with E-state index in [0.717, 1.165) is 5.56 Å². The second kappa shape index (κ2) is 4.58. The van der Waals surface area contributed by atoms with Crippen molar-refractivity contribution in [3.8, 4) is 11.1 Å². The largest absolute Gasteiger partial charge is 0.227 e. The van der Waals surface area contributed by atoms with E-state index in [1.54, 1.807) is 6.07 Å². The smallest absolute Gasteiger partial charge is 0.220 e. The van der Waals surface area contributed by atoms with Crippen LogP contribution < -0.4 is 0 Å². The summed E-state index contributed by atoms with van der Waals surface area (Å²) in [5.41, 5.74) is 1.64. The first-order valence-corrected chi connectivity index (χ1v) is 5.20. The highest BCUT2D eigenvalue weighted by Gasteiger charge is 2.07. The van der Waals surface area contributed by atoms with Crippen molar-refractivity contribution in [2.75, 3.05) is 0 Å². The van der Waals surface area contributed by atoms with Crippen molar-refractivity contribution in [3.63, 3.8) is 0 Å². The fourth-order valence-electron chi connectivity index (χ4n) is 1.40. The number of halogens is 3. The molecule has 16 heavy (non-hydrogen) atoms. The summed E-state index contributed by atoms with van der Waals surface area (Å²) < 4.78 is 26.2. The minimum absolute atomic E-state index is 0.265. The van der Waals surface area contributed by atoms with Gasteiger partial charge in [0.05, 0.1) is 0 Å². The number of alkyl halides is 1. The Kier molecular flexibility index (Phi) is 3.15. The number of aromatic nitrogens is 1. The summed E-state index contributed by atoms with van der Waals surface area (Å²) in [6.07, 6.45) is 1.38. The van der Waals surface area contributed by atoms with Crippen molar-refractivity contribution < 1.29 is 8.78 Å². The Morgan fingerprint density at radius 1 is 1.12 bits per heavy atom. The Labute approximate surface area is 96.7 Å². The van der Waals surface area contributed by atoms with E-state index >= 15 is 0 Å². The van der Waals surface area contributed by atoms with Gasteiger partial charge in [-0.25, -0.2) is 9.37 Å². The summed E-state index contributed by atoms with van der Waals surface area (Å²) in [7, 11) is 0. The van der Waals surface area contributed by atoms with Gasteiger partial charge in [-0.2, -0.15) is 4.39 Å². The molecular weight excluding hydrogens is 232 g/mol. The number of benzene rings is 1. The van der Waals surface area contributed by atoms with E-state index in [1.807, 2.05) is 0 Å². The molecule has 0 aliphatic rings. The zero-order valence-corrected chi connectivity index (χ0v) is 9.01. The molecule has 0 unspecified atom stereocenters. The molecule has 0 saturated carbocycles. The zero-order chi connectivity index (χ0) is 11.5. The molecule has 0 bridgehead atoms. The molecule has 0 fully saturated rings. The molecular formula is C12H8ClF2N. The molecule has 1 aromatic carbocycles. The minimum Gasteiger partial charge on any atom is -0.227 e. The molecule has 0 atom stereocenters. The van der Waals surface area contributed by atoms with E-state index in [4.69, 9.17) is 11.6 Å². The van der Waals surface area contributed by atoms with Gasteiger partial charge >= 0.3 is 0 Å². The molecule has 1 nitrogen and oxygen atoms in total. The highest BCUT2D eigenvalue weighted by molar-refractivity contribution is 6.17. The molecule has 2 aromatic rings. The van der Waals surface area contributed by atoms with Crippen LogP contribution in [-0.4, -0.2) is 4.98 Å². The van der Waals surface area contributed by atoms with E-state index in [2.05, 4.69) is 4.98 Å². The Morgan fingerprint density at radius 3 is 2.44 bits per heavy atom. The lowest BCUT2D eigenvalue weighted by Crippen LogP contribution is -1.91. The van der Waals surface area contributed by atoms with Gasteiger partial charge in [-0.15, -0.1) is 11.6 Å². The van der Waals surface area contributed by atoms with E-state index in [0.29, 0.717) is 11.1 Å². The number of pyridine rings is 1. The van der Waals surface area contributed by atoms with Crippen LogP contribution in [0.25, 0.3) is 11.1 Å². The van der Waals surface area contributed by atoms with Crippen LogP contribution >= 0.6 is 11.6 Å². The van der Waals surface area contributed by atoms with Crippen molar-refractivity contribution in [2.24, 2.45) is 0 Å². The van der Waals surface area contributed by atoms with Gasteiger partial charge in [0.25, 0.3) is 0 Å².